The largest absolute Gasteiger partial charge is 0.394 e. The van der Waals surface area contributed by atoms with Crippen LogP contribution in [-0.4, -0.2) is 46.3 Å². The van der Waals surface area contributed by atoms with E-state index in [0.29, 0.717) is 6.42 Å². The van der Waals surface area contributed by atoms with Crippen molar-refractivity contribution in [1.82, 2.24) is 0 Å². The molecule has 0 aromatic heterocycles. The van der Waals surface area contributed by atoms with Gasteiger partial charge in [-0.05, 0) is 6.92 Å². The highest BCUT2D eigenvalue weighted by Crippen LogP contribution is 2.27. The van der Waals surface area contributed by atoms with Gasteiger partial charge in [-0.1, -0.05) is 19.1 Å². The van der Waals surface area contributed by atoms with Gasteiger partial charge in [-0.25, -0.2) is 0 Å². The molecule has 0 aromatic carbocycles. The third kappa shape index (κ3) is 3.01. The minimum Gasteiger partial charge on any atom is -0.394 e. The van der Waals surface area contributed by atoms with Crippen LogP contribution in [0, 0.1) is 5.92 Å². The zero-order chi connectivity index (χ0) is 11.4. The van der Waals surface area contributed by atoms with Gasteiger partial charge in [0.05, 0.1) is 24.9 Å². The quantitative estimate of drug-likeness (QED) is 0.584. The highest BCUT2D eigenvalue weighted by molar-refractivity contribution is 4.97. The summed E-state index contributed by atoms with van der Waals surface area (Å²) in [5.74, 6) is 0.0170. The van der Waals surface area contributed by atoms with Crippen molar-refractivity contribution >= 4 is 0 Å². The first-order valence-electron chi connectivity index (χ1n) is 5.35. The van der Waals surface area contributed by atoms with Crippen LogP contribution < -0.4 is 0 Å². The Morgan fingerprint density at radius 3 is 2.73 bits per heavy atom. The van der Waals surface area contributed by atoms with Crippen molar-refractivity contribution in [1.29, 1.82) is 0 Å². The Kier molecular flexibility index (Phi) is 4.73. The molecule has 0 bridgehead atoms. The predicted molar refractivity (Wildman–Crippen MR) is 56.4 cm³/mol. The predicted octanol–water partition coefficient (Wildman–Crippen LogP) is 0.0702. The molecule has 15 heavy (non-hydrogen) atoms. The Balaban J connectivity index is 2.66. The Bertz CT molecular complexity index is 217. The Morgan fingerprint density at radius 1 is 1.53 bits per heavy atom. The number of aliphatic hydroxyl groups excluding tert-OH is 3. The molecule has 5 atom stereocenters. The molecule has 0 radical (unpaired) electrons. The van der Waals surface area contributed by atoms with E-state index in [1.807, 2.05) is 26.0 Å². The maximum Gasteiger partial charge on any atom is 0.103 e. The number of rotatable bonds is 3. The summed E-state index contributed by atoms with van der Waals surface area (Å²) in [7, 11) is 0. The minimum atomic E-state index is -0.917. The van der Waals surface area contributed by atoms with Gasteiger partial charge < -0.3 is 20.1 Å². The molecule has 0 amide bonds. The van der Waals surface area contributed by atoms with Gasteiger partial charge in [-0.15, -0.1) is 0 Å². The summed E-state index contributed by atoms with van der Waals surface area (Å²) in [6, 6.07) is 0. The van der Waals surface area contributed by atoms with Crippen LogP contribution in [0.15, 0.2) is 12.2 Å². The normalized spacial score (nSPS) is 39.5. The van der Waals surface area contributed by atoms with Crippen molar-refractivity contribution < 1.29 is 20.1 Å². The lowest BCUT2D eigenvalue weighted by Crippen LogP contribution is -2.47. The van der Waals surface area contributed by atoms with Gasteiger partial charge >= 0.3 is 0 Å². The summed E-state index contributed by atoms with van der Waals surface area (Å²) in [5.41, 5.74) is 0. The average molecular weight is 216 g/mol. The molecule has 0 aliphatic carbocycles. The van der Waals surface area contributed by atoms with Gasteiger partial charge in [0, 0.05) is 12.3 Å². The first-order valence-corrected chi connectivity index (χ1v) is 5.35. The number of aliphatic hydroxyl groups is 3. The van der Waals surface area contributed by atoms with Gasteiger partial charge in [-0.2, -0.15) is 0 Å². The van der Waals surface area contributed by atoms with Crippen LogP contribution in [0.4, 0.5) is 0 Å². The van der Waals surface area contributed by atoms with Gasteiger partial charge in [0.2, 0.25) is 0 Å². The van der Waals surface area contributed by atoms with Crippen LogP contribution in [0.5, 0.6) is 0 Å². The maximum atomic E-state index is 9.78. The van der Waals surface area contributed by atoms with Crippen LogP contribution in [-0.2, 0) is 4.74 Å². The van der Waals surface area contributed by atoms with Crippen molar-refractivity contribution in [2.75, 3.05) is 6.61 Å². The fraction of sp³-hybridized carbons (Fsp3) is 0.818. The molecule has 1 rings (SSSR count). The van der Waals surface area contributed by atoms with Crippen LogP contribution in [0.1, 0.15) is 20.3 Å². The molecule has 3 N–H and O–H groups in total. The molecule has 0 unspecified atom stereocenters. The van der Waals surface area contributed by atoms with Crippen molar-refractivity contribution in [3.05, 3.63) is 12.2 Å². The second-order valence-corrected chi connectivity index (χ2v) is 4.08. The molecule has 1 aliphatic heterocycles. The molecule has 0 aromatic rings. The molecule has 1 fully saturated rings. The minimum absolute atomic E-state index is 0.0170. The van der Waals surface area contributed by atoms with E-state index < -0.39 is 18.3 Å². The van der Waals surface area contributed by atoms with Gasteiger partial charge in [-0.3, -0.25) is 0 Å². The first kappa shape index (κ1) is 12.6. The molecule has 1 heterocycles. The summed E-state index contributed by atoms with van der Waals surface area (Å²) >= 11 is 0. The summed E-state index contributed by atoms with van der Waals surface area (Å²) in [6.07, 6.45) is 2.02. The average Bonchev–Trinajstić information content (AvgIpc) is 2.23. The molecule has 1 aliphatic rings. The Morgan fingerprint density at radius 2 is 2.20 bits per heavy atom. The Labute approximate surface area is 90.2 Å². The monoisotopic (exact) mass is 216 g/mol. The standard InChI is InChI=1S/C11H20O4/c1-3-4-10-7(2)8(13)5-11(15-10)9(14)6-12/h3-4,7-14H,5-6H2,1-2H3/b4-3+/t7-,8+,9+,10-,11-/m1/s1. The van der Waals surface area contributed by atoms with E-state index in [0.717, 1.165) is 0 Å². The van der Waals surface area contributed by atoms with Crippen LogP contribution in [0.25, 0.3) is 0 Å². The van der Waals surface area contributed by atoms with Crippen molar-refractivity contribution in [3.63, 3.8) is 0 Å². The molecule has 0 spiro atoms. The first-order chi connectivity index (χ1) is 7.10. The summed E-state index contributed by atoms with van der Waals surface area (Å²) in [5, 5.41) is 28.1. The smallest absolute Gasteiger partial charge is 0.103 e. The van der Waals surface area contributed by atoms with E-state index in [2.05, 4.69) is 0 Å². The maximum absolute atomic E-state index is 9.78. The fourth-order valence-corrected chi connectivity index (χ4v) is 1.83. The van der Waals surface area contributed by atoms with Gasteiger partial charge in [0.25, 0.3) is 0 Å². The van der Waals surface area contributed by atoms with Gasteiger partial charge in [0.15, 0.2) is 0 Å². The molecule has 88 valence electrons. The van der Waals surface area contributed by atoms with E-state index >= 15 is 0 Å². The third-order valence-corrected chi connectivity index (χ3v) is 2.93. The molecular weight excluding hydrogens is 196 g/mol. The zero-order valence-corrected chi connectivity index (χ0v) is 9.21. The highest BCUT2D eigenvalue weighted by atomic mass is 16.5. The molecule has 1 saturated heterocycles. The van der Waals surface area contributed by atoms with E-state index in [-0.39, 0.29) is 18.6 Å². The lowest BCUT2D eigenvalue weighted by molar-refractivity contribution is -0.155. The zero-order valence-electron chi connectivity index (χ0n) is 9.21. The second-order valence-electron chi connectivity index (χ2n) is 4.08. The number of allylic oxidation sites excluding steroid dienone is 1. The van der Waals surface area contributed by atoms with E-state index in [1.165, 1.54) is 0 Å². The molecular formula is C11H20O4. The van der Waals surface area contributed by atoms with Crippen molar-refractivity contribution in [3.8, 4) is 0 Å². The van der Waals surface area contributed by atoms with E-state index in [9.17, 15) is 10.2 Å². The summed E-state index contributed by atoms with van der Waals surface area (Å²) in [4.78, 5) is 0. The van der Waals surface area contributed by atoms with E-state index in [4.69, 9.17) is 9.84 Å². The van der Waals surface area contributed by atoms with Crippen LogP contribution in [0.2, 0.25) is 0 Å². The SMILES string of the molecule is C/C=C/[C@H]1O[C@@H]([C@@H](O)CO)C[C@H](O)[C@H]1C. The van der Waals surface area contributed by atoms with Crippen LogP contribution >= 0.6 is 0 Å². The molecule has 4 nitrogen and oxygen atoms in total. The topological polar surface area (TPSA) is 69.9 Å². The molecule has 4 heteroatoms. The van der Waals surface area contributed by atoms with Crippen LogP contribution in [0.3, 0.4) is 0 Å². The second kappa shape index (κ2) is 5.61. The fourth-order valence-electron chi connectivity index (χ4n) is 1.83. The Hall–Kier alpha value is -0.420. The number of hydrogen-bond donors (Lipinski definition) is 3. The van der Waals surface area contributed by atoms with Gasteiger partial charge in [0.1, 0.15) is 6.10 Å². The van der Waals surface area contributed by atoms with Crippen molar-refractivity contribution in [2.24, 2.45) is 5.92 Å². The summed E-state index contributed by atoms with van der Waals surface area (Å²) in [6.45, 7) is 3.46. The third-order valence-electron chi connectivity index (χ3n) is 2.93. The highest BCUT2D eigenvalue weighted by Gasteiger charge is 2.36. The number of hydrogen-bond acceptors (Lipinski definition) is 4. The lowest BCUT2D eigenvalue weighted by Gasteiger charge is -2.38. The van der Waals surface area contributed by atoms with Crippen molar-refractivity contribution in [2.45, 2.75) is 44.7 Å². The number of ether oxygens (including phenoxy) is 1. The van der Waals surface area contributed by atoms with E-state index in [1.54, 1.807) is 0 Å². The lowest BCUT2D eigenvalue weighted by atomic mass is 9.88. The summed E-state index contributed by atoms with van der Waals surface area (Å²) < 4.78 is 5.61. The molecule has 0 saturated carbocycles.